The number of rotatable bonds is 3. The fourth-order valence-electron chi connectivity index (χ4n) is 1.16. The molecule has 0 bridgehead atoms. The van der Waals surface area contributed by atoms with Crippen LogP contribution in [-0.2, 0) is 9.84 Å². The summed E-state index contributed by atoms with van der Waals surface area (Å²) >= 11 is 0. The molecule has 4 heteroatoms. The molecule has 0 aromatic heterocycles. The third-order valence-electron chi connectivity index (χ3n) is 1.84. The molecular formula is C10H14O3S. The van der Waals surface area contributed by atoms with E-state index < -0.39 is 15.9 Å². The van der Waals surface area contributed by atoms with Crippen molar-refractivity contribution >= 4 is 9.84 Å². The molecule has 0 aliphatic rings. The van der Waals surface area contributed by atoms with Crippen LogP contribution in [0.4, 0.5) is 0 Å². The van der Waals surface area contributed by atoms with E-state index in [9.17, 15) is 8.42 Å². The van der Waals surface area contributed by atoms with Gasteiger partial charge in [0.15, 0.2) is 9.84 Å². The zero-order valence-corrected chi connectivity index (χ0v) is 9.08. The van der Waals surface area contributed by atoms with Gasteiger partial charge < -0.3 is 5.11 Å². The summed E-state index contributed by atoms with van der Waals surface area (Å²) in [6.07, 6.45) is -0.832. The van der Waals surface area contributed by atoms with Gasteiger partial charge in [0.2, 0.25) is 0 Å². The highest BCUT2D eigenvalue weighted by atomic mass is 32.2. The van der Waals surface area contributed by atoms with E-state index in [2.05, 4.69) is 0 Å². The molecule has 0 spiro atoms. The summed E-state index contributed by atoms with van der Waals surface area (Å²) in [6, 6.07) is 6.62. The summed E-state index contributed by atoms with van der Waals surface area (Å²) < 4.78 is 23.2. The number of hydrogen-bond donors (Lipinski definition) is 1. The Morgan fingerprint density at radius 2 is 1.79 bits per heavy atom. The molecule has 78 valence electrons. The molecular weight excluding hydrogens is 200 g/mol. The van der Waals surface area contributed by atoms with E-state index in [0.717, 1.165) is 5.56 Å². The molecule has 0 aliphatic heterocycles. The van der Waals surface area contributed by atoms with Gasteiger partial charge in [-0.3, -0.25) is 0 Å². The third-order valence-corrected chi connectivity index (χ3v) is 3.75. The van der Waals surface area contributed by atoms with Crippen molar-refractivity contribution in [2.45, 2.75) is 24.8 Å². The van der Waals surface area contributed by atoms with Crippen molar-refractivity contribution in [3.05, 3.63) is 29.8 Å². The fourth-order valence-corrected chi connectivity index (χ4v) is 2.54. The first-order chi connectivity index (χ1) is 6.42. The molecule has 0 amide bonds. The van der Waals surface area contributed by atoms with E-state index in [1.54, 1.807) is 24.3 Å². The summed E-state index contributed by atoms with van der Waals surface area (Å²) in [6.45, 7) is 3.36. The number of hydrogen-bond acceptors (Lipinski definition) is 3. The molecule has 0 radical (unpaired) electrons. The second-order valence-electron chi connectivity index (χ2n) is 3.44. The Hall–Kier alpha value is -0.870. The largest absolute Gasteiger partial charge is 0.392 e. The van der Waals surface area contributed by atoms with Gasteiger partial charge >= 0.3 is 0 Å². The summed E-state index contributed by atoms with van der Waals surface area (Å²) in [5.74, 6) is -0.226. The lowest BCUT2D eigenvalue weighted by Gasteiger charge is -2.06. The van der Waals surface area contributed by atoms with Crippen LogP contribution in [0.5, 0.6) is 0 Å². The van der Waals surface area contributed by atoms with E-state index in [4.69, 9.17) is 5.11 Å². The first-order valence-electron chi connectivity index (χ1n) is 4.39. The van der Waals surface area contributed by atoms with Gasteiger partial charge in [-0.1, -0.05) is 17.7 Å². The third kappa shape index (κ3) is 2.82. The van der Waals surface area contributed by atoms with E-state index in [1.165, 1.54) is 6.92 Å². The van der Waals surface area contributed by atoms with Gasteiger partial charge in [0.1, 0.15) is 0 Å². The highest BCUT2D eigenvalue weighted by molar-refractivity contribution is 7.91. The lowest BCUT2D eigenvalue weighted by atomic mass is 10.2. The SMILES string of the molecule is Cc1ccc(S(=O)(=O)CC(C)O)cc1. The van der Waals surface area contributed by atoms with Gasteiger partial charge in [0.25, 0.3) is 0 Å². The van der Waals surface area contributed by atoms with E-state index in [1.807, 2.05) is 6.92 Å². The molecule has 1 aromatic carbocycles. The Labute approximate surface area is 84.3 Å². The Balaban J connectivity index is 2.99. The summed E-state index contributed by atoms with van der Waals surface area (Å²) in [5, 5.41) is 9.02. The minimum absolute atomic E-state index is 0.226. The maximum Gasteiger partial charge on any atom is 0.180 e. The summed E-state index contributed by atoms with van der Waals surface area (Å²) in [4.78, 5) is 0.268. The molecule has 0 fully saturated rings. The van der Waals surface area contributed by atoms with Gasteiger partial charge in [0.05, 0.1) is 16.8 Å². The van der Waals surface area contributed by atoms with Crippen LogP contribution in [0, 0.1) is 6.92 Å². The molecule has 1 aromatic rings. The number of sulfone groups is 1. The number of aryl methyl sites for hydroxylation is 1. The monoisotopic (exact) mass is 214 g/mol. The lowest BCUT2D eigenvalue weighted by molar-refractivity contribution is 0.218. The van der Waals surface area contributed by atoms with Gasteiger partial charge in [-0.2, -0.15) is 0 Å². The number of benzene rings is 1. The molecule has 3 nitrogen and oxygen atoms in total. The fraction of sp³-hybridized carbons (Fsp3) is 0.400. The highest BCUT2D eigenvalue weighted by Gasteiger charge is 2.16. The normalized spacial score (nSPS) is 13.9. The Morgan fingerprint density at radius 3 is 2.21 bits per heavy atom. The zero-order chi connectivity index (χ0) is 10.8. The first-order valence-corrected chi connectivity index (χ1v) is 6.04. The number of aliphatic hydroxyl groups is 1. The minimum atomic E-state index is -3.33. The Bertz CT molecular complexity index is 390. The van der Waals surface area contributed by atoms with Crippen molar-refractivity contribution in [3.63, 3.8) is 0 Å². The predicted molar refractivity (Wildman–Crippen MR) is 54.9 cm³/mol. The van der Waals surface area contributed by atoms with Crippen LogP contribution in [0.1, 0.15) is 12.5 Å². The maximum atomic E-state index is 11.6. The van der Waals surface area contributed by atoms with Crippen LogP contribution in [0.2, 0.25) is 0 Å². The lowest BCUT2D eigenvalue weighted by Crippen LogP contribution is -2.17. The topological polar surface area (TPSA) is 54.4 Å². The zero-order valence-electron chi connectivity index (χ0n) is 8.27. The molecule has 1 rings (SSSR count). The first kappa shape index (κ1) is 11.2. The standard InChI is InChI=1S/C10H14O3S/c1-8-3-5-10(6-4-8)14(12,13)7-9(2)11/h3-6,9,11H,7H2,1-2H3. The van der Waals surface area contributed by atoms with Crippen molar-refractivity contribution in [2.24, 2.45) is 0 Å². The molecule has 0 heterocycles. The van der Waals surface area contributed by atoms with E-state index >= 15 is 0 Å². The Morgan fingerprint density at radius 1 is 1.29 bits per heavy atom. The molecule has 0 saturated carbocycles. The smallest absolute Gasteiger partial charge is 0.180 e. The molecule has 1 atom stereocenters. The second kappa shape index (κ2) is 4.11. The number of aliphatic hydroxyl groups excluding tert-OH is 1. The molecule has 14 heavy (non-hydrogen) atoms. The quantitative estimate of drug-likeness (QED) is 0.821. The average Bonchev–Trinajstić information content (AvgIpc) is 2.02. The molecule has 1 unspecified atom stereocenters. The van der Waals surface area contributed by atoms with Gasteiger partial charge in [0, 0.05) is 0 Å². The molecule has 1 N–H and O–H groups in total. The summed E-state index contributed by atoms with van der Waals surface area (Å²) in [5.41, 5.74) is 1.01. The Kier molecular flexibility index (Phi) is 3.29. The van der Waals surface area contributed by atoms with Crippen molar-refractivity contribution < 1.29 is 13.5 Å². The maximum absolute atomic E-state index is 11.6. The van der Waals surface area contributed by atoms with Crippen LogP contribution < -0.4 is 0 Å². The summed E-state index contributed by atoms with van der Waals surface area (Å²) in [7, 11) is -3.33. The van der Waals surface area contributed by atoms with E-state index in [-0.39, 0.29) is 10.6 Å². The van der Waals surface area contributed by atoms with Crippen LogP contribution in [0.25, 0.3) is 0 Å². The van der Waals surface area contributed by atoms with Crippen LogP contribution in [0.15, 0.2) is 29.2 Å². The average molecular weight is 214 g/mol. The van der Waals surface area contributed by atoms with Crippen molar-refractivity contribution in [1.29, 1.82) is 0 Å². The van der Waals surface area contributed by atoms with Crippen molar-refractivity contribution in [2.75, 3.05) is 5.75 Å². The second-order valence-corrected chi connectivity index (χ2v) is 5.48. The highest BCUT2D eigenvalue weighted by Crippen LogP contribution is 2.12. The van der Waals surface area contributed by atoms with Crippen LogP contribution in [-0.4, -0.2) is 25.4 Å². The van der Waals surface area contributed by atoms with Crippen molar-refractivity contribution in [3.8, 4) is 0 Å². The predicted octanol–water partition coefficient (Wildman–Crippen LogP) is 1.15. The van der Waals surface area contributed by atoms with E-state index in [0.29, 0.717) is 0 Å². The van der Waals surface area contributed by atoms with Crippen LogP contribution >= 0.6 is 0 Å². The van der Waals surface area contributed by atoms with Crippen LogP contribution in [0.3, 0.4) is 0 Å². The van der Waals surface area contributed by atoms with Gasteiger partial charge in [-0.25, -0.2) is 8.42 Å². The van der Waals surface area contributed by atoms with Gasteiger partial charge in [-0.05, 0) is 26.0 Å². The molecule has 0 saturated heterocycles. The molecule has 0 aliphatic carbocycles. The van der Waals surface area contributed by atoms with Gasteiger partial charge in [-0.15, -0.1) is 0 Å². The van der Waals surface area contributed by atoms with Crippen molar-refractivity contribution in [1.82, 2.24) is 0 Å². The minimum Gasteiger partial charge on any atom is -0.392 e.